The standard InChI is InChI=1S/C22H20N2O5/c25-21(26)8-13-1-5-19-17(7-13)14(10-23-19)2-3-15-11-24-20-6-4-16(9-18(15)20)29-12-22(27)28/h1,4-7,9-11,23-24H,2-3,8,12H2,(H,25,26)(H,27,28). The summed E-state index contributed by atoms with van der Waals surface area (Å²) < 4.78 is 5.29. The van der Waals surface area contributed by atoms with Crippen molar-refractivity contribution in [2.75, 3.05) is 6.61 Å². The minimum Gasteiger partial charge on any atom is -0.482 e. The highest BCUT2D eigenvalue weighted by molar-refractivity contribution is 5.86. The van der Waals surface area contributed by atoms with Gasteiger partial charge in [0.1, 0.15) is 5.75 Å². The number of fused-ring (bicyclic) bond motifs is 2. The number of aromatic nitrogens is 2. The molecule has 0 aliphatic heterocycles. The fraction of sp³-hybridized carbons (Fsp3) is 0.182. The average Bonchev–Trinajstić information content (AvgIpc) is 3.27. The van der Waals surface area contributed by atoms with Crippen molar-refractivity contribution < 1.29 is 24.5 Å². The molecule has 0 saturated carbocycles. The Balaban J connectivity index is 1.55. The summed E-state index contributed by atoms with van der Waals surface area (Å²) in [6.45, 7) is -0.376. The molecule has 0 radical (unpaired) electrons. The van der Waals surface area contributed by atoms with Gasteiger partial charge in [-0.15, -0.1) is 0 Å². The first kappa shape index (κ1) is 18.6. The van der Waals surface area contributed by atoms with E-state index in [1.165, 1.54) is 0 Å². The van der Waals surface area contributed by atoms with Crippen molar-refractivity contribution in [2.24, 2.45) is 0 Å². The molecule has 0 atom stereocenters. The second-order valence-corrected chi connectivity index (χ2v) is 6.97. The molecule has 29 heavy (non-hydrogen) atoms. The lowest BCUT2D eigenvalue weighted by Crippen LogP contribution is -2.09. The lowest BCUT2D eigenvalue weighted by Gasteiger charge is -2.05. The van der Waals surface area contributed by atoms with Crippen molar-refractivity contribution >= 4 is 33.7 Å². The second kappa shape index (κ2) is 7.71. The molecule has 0 saturated heterocycles. The predicted molar refractivity (Wildman–Crippen MR) is 108 cm³/mol. The number of aromatic amines is 2. The number of carboxylic acids is 2. The number of hydrogen-bond acceptors (Lipinski definition) is 3. The topological polar surface area (TPSA) is 115 Å². The number of carbonyl (C=O) groups is 2. The summed E-state index contributed by atoms with van der Waals surface area (Å²) in [5.74, 6) is -1.34. The molecule has 148 valence electrons. The van der Waals surface area contributed by atoms with Gasteiger partial charge in [-0.05, 0) is 59.9 Å². The van der Waals surface area contributed by atoms with Gasteiger partial charge in [-0.3, -0.25) is 4.79 Å². The summed E-state index contributed by atoms with van der Waals surface area (Å²) in [5.41, 5.74) is 4.96. The second-order valence-electron chi connectivity index (χ2n) is 6.97. The summed E-state index contributed by atoms with van der Waals surface area (Å²) >= 11 is 0. The Morgan fingerprint density at radius 1 is 0.828 bits per heavy atom. The first-order valence-electron chi connectivity index (χ1n) is 9.25. The monoisotopic (exact) mass is 392 g/mol. The van der Waals surface area contributed by atoms with Gasteiger partial charge in [0.2, 0.25) is 0 Å². The molecular weight excluding hydrogens is 372 g/mol. The lowest BCUT2D eigenvalue weighted by molar-refractivity contribution is -0.139. The number of aliphatic carboxylic acids is 2. The molecule has 0 unspecified atom stereocenters. The third-order valence-electron chi connectivity index (χ3n) is 4.95. The lowest BCUT2D eigenvalue weighted by atomic mass is 10.0. The zero-order valence-electron chi connectivity index (χ0n) is 15.6. The van der Waals surface area contributed by atoms with Crippen LogP contribution in [0.25, 0.3) is 21.8 Å². The van der Waals surface area contributed by atoms with Gasteiger partial charge in [0.05, 0.1) is 6.42 Å². The third kappa shape index (κ3) is 4.08. The van der Waals surface area contributed by atoms with Crippen LogP contribution in [0.2, 0.25) is 0 Å². The smallest absolute Gasteiger partial charge is 0.341 e. The van der Waals surface area contributed by atoms with E-state index < -0.39 is 11.9 Å². The number of rotatable bonds is 8. The molecule has 0 fully saturated rings. The largest absolute Gasteiger partial charge is 0.482 e. The third-order valence-corrected chi connectivity index (χ3v) is 4.95. The zero-order valence-corrected chi connectivity index (χ0v) is 15.6. The van der Waals surface area contributed by atoms with E-state index in [2.05, 4.69) is 9.97 Å². The Kier molecular flexibility index (Phi) is 4.95. The van der Waals surface area contributed by atoms with E-state index in [-0.39, 0.29) is 13.0 Å². The van der Waals surface area contributed by atoms with Crippen LogP contribution in [0.4, 0.5) is 0 Å². The van der Waals surface area contributed by atoms with Gasteiger partial charge < -0.3 is 24.9 Å². The highest BCUT2D eigenvalue weighted by Crippen LogP contribution is 2.27. The predicted octanol–water partition coefficient (Wildman–Crippen LogP) is 3.52. The maximum Gasteiger partial charge on any atom is 0.341 e. The van der Waals surface area contributed by atoms with Gasteiger partial charge in [0.25, 0.3) is 0 Å². The molecule has 7 heteroatoms. The SMILES string of the molecule is O=C(O)COc1ccc2[nH]cc(CCc3c[nH]c4ccc(CC(=O)O)cc34)c2c1. The highest BCUT2D eigenvalue weighted by atomic mass is 16.5. The molecule has 0 spiro atoms. The quantitative estimate of drug-likeness (QED) is 0.366. The van der Waals surface area contributed by atoms with Gasteiger partial charge in [0.15, 0.2) is 6.61 Å². The number of ether oxygens (including phenoxy) is 1. The van der Waals surface area contributed by atoms with Crippen molar-refractivity contribution in [1.29, 1.82) is 0 Å². The van der Waals surface area contributed by atoms with E-state index in [0.717, 1.165) is 51.3 Å². The van der Waals surface area contributed by atoms with Crippen LogP contribution >= 0.6 is 0 Å². The molecule has 0 aliphatic carbocycles. The van der Waals surface area contributed by atoms with E-state index in [9.17, 15) is 9.59 Å². The minimum absolute atomic E-state index is 0.00211. The first-order valence-corrected chi connectivity index (χ1v) is 9.25. The van der Waals surface area contributed by atoms with Crippen LogP contribution in [-0.2, 0) is 28.9 Å². The van der Waals surface area contributed by atoms with Crippen molar-refractivity contribution in [2.45, 2.75) is 19.3 Å². The summed E-state index contributed by atoms with van der Waals surface area (Å²) in [4.78, 5) is 28.2. The van der Waals surface area contributed by atoms with E-state index in [1.54, 1.807) is 6.07 Å². The van der Waals surface area contributed by atoms with E-state index in [4.69, 9.17) is 14.9 Å². The molecule has 4 rings (SSSR count). The molecule has 2 heterocycles. The van der Waals surface area contributed by atoms with E-state index >= 15 is 0 Å². The molecule has 4 N–H and O–H groups in total. The van der Waals surface area contributed by atoms with Crippen LogP contribution in [0.5, 0.6) is 5.75 Å². The Labute approximate surface area is 165 Å². The van der Waals surface area contributed by atoms with Gasteiger partial charge in [-0.1, -0.05) is 6.07 Å². The fourth-order valence-corrected chi connectivity index (χ4v) is 3.59. The molecule has 2 aromatic carbocycles. The number of nitrogens with one attached hydrogen (secondary N) is 2. The van der Waals surface area contributed by atoms with Crippen molar-refractivity contribution in [3.63, 3.8) is 0 Å². The maximum atomic E-state index is 11.0. The van der Waals surface area contributed by atoms with Crippen LogP contribution in [0, 0.1) is 0 Å². The first-order chi connectivity index (χ1) is 14.0. The zero-order chi connectivity index (χ0) is 20.4. The fourth-order valence-electron chi connectivity index (χ4n) is 3.59. The van der Waals surface area contributed by atoms with Crippen LogP contribution in [-0.4, -0.2) is 38.7 Å². The summed E-state index contributed by atoms with van der Waals surface area (Å²) in [6.07, 6.45) is 5.48. The normalized spacial score (nSPS) is 11.2. The van der Waals surface area contributed by atoms with Gasteiger partial charge in [-0.25, -0.2) is 4.79 Å². The average molecular weight is 392 g/mol. The number of H-pyrrole nitrogens is 2. The molecule has 0 aliphatic rings. The van der Waals surface area contributed by atoms with Crippen molar-refractivity contribution in [3.05, 3.63) is 65.5 Å². The number of aryl methyl sites for hydroxylation is 2. The Hall–Kier alpha value is -3.74. The van der Waals surface area contributed by atoms with Crippen LogP contribution < -0.4 is 4.74 Å². The van der Waals surface area contributed by atoms with E-state index in [1.807, 2.05) is 42.7 Å². The van der Waals surface area contributed by atoms with Crippen LogP contribution in [0.15, 0.2) is 48.8 Å². The Morgan fingerprint density at radius 3 is 2.07 bits per heavy atom. The van der Waals surface area contributed by atoms with Gasteiger partial charge in [-0.2, -0.15) is 0 Å². The minimum atomic E-state index is -1.01. The van der Waals surface area contributed by atoms with E-state index in [0.29, 0.717) is 5.75 Å². The summed E-state index contributed by atoms with van der Waals surface area (Å²) in [7, 11) is 0. The molecule has 4 aromatic rings. The van der Waals surface area contributed by atoms with Crippen LogP contribution in [0.1, 0.15) is 16.7 Å². The Morgan fingerprint density at radius 2 is 1.45 bits per heavy atom. The summed E-state index contributed by atoms with van der Waals surface area (Å²) in [5, 5.41) is 19.8. The summed E-state index contributed by atoms with van der Waals surface area (Å²) in [6, 6.07) is 11.1. The number of hydrogen-bond donors (Lipinski definition) is 4. The molecule has 0 amide bonds. The number of benzene rings is 2. The van der Waals surface area contributed by atoms with Gasteiger partial charge >= 0.3 is 11.9 Å². The molecular formula is C22H20N2O5. The maximum absolute atomic E-state index is 11.0. The van der Waals surface area contributed by atoms with Gasteiger partial charge in [0, 0.05) is 34.2 Å². The molecule has 2 aromatic heterocycles. The van der Waals surface area contributed by atoms with Crippen LogP contribution in [0.3, 0.4) is 0 Å². The van der Waals surface area contributed by atoms with Crippen molar-refractivity contribution in [1.82, 2.24) is 9.97 Å². The Bertz CT molecular complexity index is 1200. The van der Waals surface area contributed by atoms with Crippen molar-refractivity contribution in [3.8, 4) is 5.75 Å². The molecule has 7 nitrogen and oxygen atoms in total. The number of carboxylic acid groups (broad SMARTS) is 2. The highest BCUT2D eigenvalue weighted by Gasteiger charge is 2.10. The molecule has 0 bridgehead atoms.